The van der Waals surface area contributed by atoms with E-state index >= 15 is 0 Å². The van der Waals surface area contributed by atoms with Gasteiger partial charge in [-0.1, -0.05) is 36.4 Å². The molecule has 1 atom stereocenters. The lowest BCUT2D eigenvalue weighted by Crippen LogP contribution is -2.29. The SMILES string of the molecule is O=C(OCc1cccc(Oc2ccccc2)c1)C1(c2ccc3c(c2)OCO3)CC1(F)F. The molecule has 1 saturated carbocycles. The average Bonchev–Trinajstić information content (AvgIpc) is 3.11. The van der Waals surface area contributed by atoms with Gasteiger partial charge in [-0.05, 0) is 47.5 Å². The number of carbonyl (C=O) groups excluding carboxylic acids is 1. The second-order valence-corrected chi connectivity index (χ2v) is 7.49. The third-order valence-electron chi connectivity index (χ3n) is 5.45. The molecule has 1 aliphatic carbocycles. The Balaban J connectivity index is 1.31. The Morgan fingerprint density at radius 2 is 1.65 bits per heavy atom. The van der Waals surface area contributed by atoms with Gasteiger partial charge >= 0.3 is 5.97 Å². The second kappa shape index (κ2) is 7.27. The zero-order chi connectivity index (χ0) is 21.5. The first kappa shape index (κ1) is 19.4. The lowest BCUT2D eigenvalue weighted by Gasteiger charge is -2.17. The van der Waals surface area contributed by atoms with E-state index in [0.717, 1.165) is 0 Å². The number of rotatable bonds is 6. The summed E-state index contributed by atoms with van der Waals surface area (Å²) in [6.07, 6.45) is -0.602. The van der Waals surface area contributed by atoms with Crippen molar-refractivity contribution in [3.63, 3.8) is 0 Å². The van der Waals surface area contributed by atoms with Crippen LogP contribution in [0.3, 0.4) is 0 Å². The minimum absolute atomic E-state index is 0.0218. The van der Waals surface area contributed by atoms with Gasteiger partial charge in [0.25, 0.3) is 5.92 Å². The molecule has 5 rings (SSSR count). The largest absolute Gasteiger partial charge is 0.460 e. The molecule has 5 nitrogen and oxygen atoms in total. The van der Waals surface area contributed by atoms with Crippen molar-refractivity contribution in [3.8, 4) is 23.0 Å². The molecule has 158 valence electrons. The molecule has 7 heteroatoms. The molecule has 31 heavy (non-hydrogen) atoms. The number of benzene rings is 3. The predicted molar refractivity (Wildman–Crippen MR) is 107 cm³/mol. The summed E-state index contributed by atoms with van der Waals surface area (Å²) in [6, 6.07) is 20.6. The first-order chi connectivity index (χ1) is 15.0. The summed E-state index contributed by atoms with van der Waals surface area (Å²) in [5, 5.41) is 0. The van der Waals surface area contributed by atoms with E-state index in [9.17, 15) is 13.6 Å². The minimum Gasteiger partial charge on any atom is -0.460 e. The molecule has 0 radical (unpaired) electrons. The monoisotopic (exact) mass is 424 g/mol. The first-order valence-electron chi connectivity index (χ1n) is 9.75. The van der Waals surface area contributed by atoms with Gasteiger partial charge in [0.15, 0.2) is 16.9 Å². The Morgan fingerprint density at radius 1 is 0.903 bits per heavy atom. The highest BCUT2D eigenvalue weighted by Gasteiger charge is 2.78. The topological polar surface area (TPSA) is 54.0 Å². The van der Waals surface area contributed by atoms with Crippen molar-refractivity contribution in [2.75, 3.05) is 6.79 Å². The highest BCUT2D eigenvalue weighted by molar-refractivity contribution is 5.89. The van der Waals surface area contributed by atoms with Gasteiger partial charge in [-0.15, -0.1) is 0 Å². The number of alkyl halides is 2. The molecule has 1 heterocycles. The van der Waals surface area contributed by atoms with Gasteiger partial charge in [0.05, 0.1) is 0 Å². The van der Waals surface area contributed by atoms with Crippen LogP contribution in [0.1, 0.15) is 17.5 Å². The van der Waals surface area contributed by atoms with Crippen molar-refractivity contribution >= 4 is 5.97 Å². The van der Waals surface area contributed by atoms with E-state index in [-0.39, 0.29) is 19.0 Å². The molecule has 0 saturated heterocycles. The Hall–Kier alpha value is -3.61. The number of esters is 1. The fourth-order valence-corrected chi connectivity index (χ4v) is 3.70. The van der Waals surface area contributed by atoms with Crippen LogP contribution in [-0.4, -0.2) is 18.7 Å². The first-order valence-corrected chi connectivity index (χ1v) is 9.75. The Bertz CT molecular complexity index is 1130. The number of fused-ring (bicyclic) bond motifs is 1. The fraction of sp³-hybridized carbons (Fsp3) is 0.208. The molecule has 1 aliphatic heterocycles. The molecule has 2 aliphatic rings. The van der Waals surface area contributed by atoms with E-state index in [1.165, 1.54) is 18.2 Å². The molecular weight excluding hydrogens is 406 g/mol. The predicted octanol–water partition coefficient (Wildman–Crippen LogP) is 5.23. The smallest absolute Gasteiger partial charge is 0.323 e. The summed E-state index contributed by atoms with van der Waals surface area (Å²) in [5.74, 6) is -2.12. The van der Waals surface area contributed by atoms with Crippen LogP contribution in [-0.2, 0) is 21.6 Å². The highest BCUT2D eigenvalue weighted by Crippen LogP contribution is 2.63. The van der Waals surface area contributed by atoms with Crippen LogP contribution < -0.4 is 14.2 Å². The van der Waals surface area contributed by atoms with Gasteiger partial charge in [-0.3, -0.25) is 4.79 Å². The van der Waals surface area contributed by atoms with Crippen LogP contribution in [0, 0.1) is 0 Å². The zero-order valence-corrected chi connectivity index (χ0v) is 16.3. The zero-order valence-electron chi connectivity index (χ0n) is 16.3. The van der Waals surface area contributed by atoms with Crippen molar-refractivity contribution in [2.45, 2.75) is 24.4 Å². The summed E-state index contributed by atoms with van der Waals surface area (Å²) in [5.41, 5.74) is -1.22. The van der Waals surface area contributed by atoms with Crippen LogP contribution in [0.4, 0.5) is 8.78 Å². The third-order valence-corrected chi connectivity index (χ3v) is 5.45. The van der Waals surface area contributed by atoms with E-state index in [1.54, 1.807) is 24.3 Å². The van der Waals surface area contributed by atoms with Crippen molar-refractivity contribution in [2.24, 2.45) is 0 Å². The normalized spacial score (nSPS) is 20.2. The fourth-order valence-electron chi connectivity index (χ4n) is 3.70. The molecule has 3 aromatic carbocycles. The van der Waals surface area contributed by atoms with E-state index in [4.69, 9.17) is 18.9 Å². The average molecular weight is 424 g/mol. The number of hydrogen-bond donors (Lipinski definition) is 0. The molecule has 1 unspecified atom stereocenters. The Labute approximate surface area is 177 Å². The van der Waals surface area contributed by atoms with Crippen LogP contribution >= 0.6 is 0 Å². The van der Waals surface area contributed by atoms with Gasteiger partial charge < -0.3 is 18.9 Å². The maximum Gasteiger partial charge on any atom is 0.323 e. The van der Waals surface area contributed by atoms with Crippen LogP contribution in [0.15, 0.2) is 72.8 Å². The van der Waals surface area contributed by atoms with Gasteiger partial charge in [-0.2, -0.15) is 0 Å². The maximum atomic E-state index is 14.4. The number of hydrogen-bond acceptors (Lipinski definition) is 5. The van der Waals surface area contributed by atoms with E-state index in [1.807, 2.05) is 30.3 Å². The molecule has 0 bridgehead atoms. The number of para-hydroxylation sites is 1. The van der Waals surface area contributed by atoms with E-state index in [0.29, 0.717) is 28.6 Å². The quantitative estimate of drug-likeness (QED) is 0.508. The molecule has 0 amide bonds. The summed E-state index contributed by atoms with van der Waals surface area (Å²) >= 11 is 0. The Kier molecular flexibility index (Phi) is 4.54. The van der Waals surface area contributed by atoms with Crippen molar-refractivity contribution in [1.29, 1.82) is 0 Å². The summed E-state index contributed by atoms with van der Waals surface area (Å²) in [4.78, 5) is 12.8. The number of carbonyl (C=O) groups is 1. The minimum atomic E-state index is -3.18. The van der Waals surface area contributed by atoms with Gasteiger partial charge in [0.1, 0.15) is 18.1 Å². The van der Waals surface area contributed by atoms with Gasteiger partial charge in [0.2, 0.25) is 6.79 Å². The van der Waals surface area contributed by atoms with Crippen LogP contribution in [0.2, 0.25) is 0 Å². The van der Waals surface area contributed by atoms with Crippen molar-refractivity contribution in [3.05, 3.63) is 83.9 Å². The standard InChI is InChI=1S/C24H18F2O5/c25-24(26)14-23(24,17-9-10-20-21(12-17)30-15-29-20)22(27)28-13-16-5-4-8-19(11-16)31-18-6-2-1-3-7-18/h1-12H,13-15H2. The van der Waals surface area contributed by atoms with Crippen LogP contribution in [0.25, 0.3) is 0 Å². The van der Waals surface area contributed by atoms with Crippen molar-refractivity contribution in [1.82, 2.24) is 0 Å². The lowest BCUT2D eigenvalue weighted by molar-refractivity contribution is -0.151. The van der Waals surface area contributed by atoms with Gasteiger partial charge in [-0.25, -0.2) is 8.78 Å². The summed E-state index contributed by atoms with van der Waals surface area (Å²) < 4.78 is 50.3. The van der Waals surface area contributed by atoms with Gasteiger partial charge in [0, 0.05) is 6.42 Å². The van der Waals surface area contributed by atoms with E-state index in [2.05, 4.69) is 0 Å². The highest BCUT2D eigenvalue weighted by atomic mass is 19.3. The molecular formula is C24H18F2O5. The number of halogens is 2. The molecule has 0 spiro atoms. The molecule has 1 fully saturated rings. The van der Waals surface area contributed by atoms with Crippen LogP contribution in [0.5, 0.6) is 23.0 Å². The van der Waals surface area contributed by atoms with E-state index < -0.39 is 23.7 Å². The number of ether oxygens (including phenoxy) is 4. The van der Waals surface area contributed by atoms with Crippen molar-refractivity contribution < 1.29 is 32.5 Å². The molecule has 0 N–H and O–H groups in total. The molecule has 0 aromatic heterocycles. The third kappa shape index (κ3) is 3.46. The summed E-state index contributed by atoms with van der Waals surface area (Å²) in [6.45, 7) is -0.124. The Morgan fingerprint density at radius 3 is 2.42 bits per heavy atom. The lowest BCUT2D eigenvalue weighted by atomic mass is 9.95. The summed E-state index contributed by atoms with van der Waals surface area (Å²) in [7, 11) is 0. The molecule has 3 aromatic rings. The second-order valence-electron chi connectivity index (χ2n) is 7.49. The maximum absolute atomic E-state index is 14.4.